The third-order valence-corrected chi connectivity index (χ3v) is 5.31. The summed E-state index contributed by atoms with van der Waals surface area (Å²) in [7, 11) is 3.38. The predicted molar refractivity (Wildman–Crippen MR) is 82.4 cm³/mol. The van der Waals surface area contributed by atoms with E-state index in [-0.39, 0.29) is 17.9 Å². The molecule has 1 N–H and O–H groups in total. The van der Waals surface area contributed by atoms with Gasteiger partial charge < -0.3 is 10.2 Å². The van der Waals surface area contributed by atoms with E-state index in [4.69, 9.17) is 11.6 Å². The first kappa shape index (κ1) is 15.3. The zero-order valence-corrected chi connectivity index (χ0v) is 13.9. The Hall–Kier alpha value is -1.56. The zero-order chi connectivity index (χ0) is 16.1. The highest BCUT2D eigenvalue weighted by molar-refractivity contribution is 6.30. The van der Waals surface area contributed by atoms with E-state index in [0.29, 0.717) is 24.5 Å². The summed E-state index contributed by atoms with van der Waals surface area (Å²) in [5, 5.41) is 7.55. The molecule has 120 valence electrons. The molecule has 1 aromatic rings. The molecule has 22 heavy (non-hydrogen) atoms. The summed E-state index contributed by atoms with van der Waals surface area (Å²) in [5.74, 6) is -0.231. The largest absolute Gasteiger partial charge is 0.358 e. The number of carbonyl (C=O) groups is 2. The monoisotopic (exact) mass is 324 g/mol. The van der Waals surface area contributed by atoms with Gasteiger partial charge in [0.15, 0.2) is 0 Å². The van der Waals surface area contributed by atoms with Crippen LogP contribution in [0.4, 0.5) is 0 Å². The van der Waals surface area contributed by atoms with E-state index >= 15 is 0 Å². The molecule has 3 rings (SSSR count). The Kier molecular flexibility index (Phi) is 3.67. The number of aryl methyl sites for hydroxylation is 2. The molecule has 1 aliphatic carbocycles. The van der Waals surface area contributed by atoms with Crippen molar-refractivity contribution in [3.63, 3.8) is 0 Å². The van der Waals surface area contributed by atoms with Crippen LogP contribution in [0.2, 0.25) is 5.15 Å². The Labute approximate surface area is 134 Å². The zero-order valence-electron chi connectivity index (χ0n) is 13.1. The summed E-state index contributed by atoms with van der Waals surface area (Å²) in [6.45, 7) is 2.58. The summed E-state index contributed by atoms with van der Waals surface area (Å²) < 4.78 is 1.64. The Bertz CT molecular complexity index is 636. The van der Waals surface area contributed by atoms with E-state index in [2.05, 4.69) is 10.4 Å². The molecule has 1 aliphatic heterocycles. The van der Waals surface area contributed by atoms with Gasteiger partial charge in [0.2, 0.25) is 11.8 Å². The van der Waals surface area contributed by atoms with Gasteiger partial charge in [-0.2, -0.15) is 5.10 Å². The molecule has 1 saturated heterocycles. The SMILES string of the molecule is CNC(=O)C1(C(=O)N2CCC[C@H]2c2c(C)nn(C)c2Cl)CC1. The van der Waals surface area contributed by atoms with Crippen molar-refractivity contribution in [1.82, 2.24) is 20.0 Å². The first-order valence-electron chi connectivity index (χ1n) is 7.64. The fourth-order valence-corrected chi connectivity index (χ4v) is 3.81. The Morgan fingerprint density at radius 2 is 2.09 bits per heavy atom. The van der Waals surface area contributed by atoms with Gasteiger partial charge in [-0.15, -0.1) is 0 Å². The number of likely N-dealkylation sites (tertiary alicyclic amines) is 1. The van der Waals surface area contributed by atoms with E-state index in [1.54, 1.807) is 18.8 Å². The highest BCUT2D eigenvalue weighted by atomic mass is 35.5. The Morgan fingerprint density at radius 1 is 1.41 bits per heavy atom. The Morgan fingerprint density at radius 3 is 2.59 bits per heavy atom. The molecule has 1 aromatic heterocycles. The van der Waals surface area contributed by atoms with Crippen molar-refractivity contribution in [2.24, 2.45) is 12.5 Å². The maximum atomic E-state index is 12.9. The number of hydrogen-bond acceptors (Lipinski definition) is 3. The van der Waals surface area contributed by atoms with Gasteiger partial charge in [-0.25, -0.2) is 0 Å². The third kappa shape index (κ3) is 2.12. The van der Waals surface area contributed by atoms with Crippen molar-refractivity contribution in [3.8, 4) is 0 Å². The molecule has 6 nitrogen and oxygen atoms in total. The van der Waals surface area contributed by atoms with E-state index in [1.165, 1.54) is 0 Å². The van der Waals surface area contributed by atoms with Gasteiger partial charge in [0.25, 0.3) is 0 Å². The number of carbonyl (C=O) groups excluding carboxylic acids is 2. The lowest BCUT2D eigenvalue weighted by atomic mass is 10.0. The normalized spacial score (nSPS) is 22.7. The number of halogens is 1. The molecule has 0 unspecified atom stereocenters. The number of nitrogens with zero attached hydrogens (tertiary/aromatic N) is 3. The molecule has 0 aromatic carbocycles. The topological polar surface area (TPSA) is 67.2 Å². The second-order valence-corrected chi connectivity index (χ2v) is 6.59. The lowest BCUT2D eigenvalue weighted by molar-refractivity contribution is -0.144. The number of aromatic nitrogens is 2. The van der Waals surface area contributed by atoms with E-state index in [1.807, 2.05) is 11.8 Å². The summed E-state index contributed by atoms with van der Waals surface area (Å²) in [6.07, 6.45) is 3.05. The van der Waals surface area contributed by atoms with Gasteiger partial charge in [-0.05, 0) is 32.6 Å². The van der Waals surface area contributed by atoms with Gasteiger partial charge in [0.1, 0.15) is 10.6 Å². The van der Waals surface area contributed by atoms with Gasteiger partial charge in [0, 0.05) is 26.2 Å². The van der Waals surface area contributed by atoms with E-state index < -0.39 is 5.41 Å². The minimum absolute atomic E-state index is 0.0614. The van der Waals surface area contributed by atoms with Crippen molar-refractivity contribution in [3.05, 3.63) is 16.4 Å². The van der Waals surface area contributed by atoms with Gasteiger partial charge in [0.05, 0.1) is 11.7 Å². The van der Waals surface area contributed by atoms with Crippen LogP contribution in [0.25, 0.3) is 0 Å². The van der Waals surface area contributed by atoms with Crippen molar-refractivity contribution >= 4 is 23.4 Å². The predicted octanol–water partition coefficient (Wildman–Crippen LogP) is 1.57. The standard InChI is InChI=1S/C15H21ClN4O2/c1-9-11(12(16)19(3)18-9)10-5-4-8-20(10)14(22)15(6-7-15)13(21)17-2/h10H,4-8H2,1-3H3,(H,17,21)/t10-/m0/s1. The fourth-order valence-electron chi connectivity index (χ4n) is 3.51. The number of hydrogen-bond donors (Lipinski definition) is 1. The van der Waals surface area contributed by atoms with Crippen LogP contribution in [0.15, 0.2) is 0 Å². The van der Waals surface area contributed by atoms with Crippen LogP contribution in [0, 0.1) is 12.3 Å². The molecule has 7 heteroatoms. The van der Waals surface area contributed by atoms with Crippen LogP contribution in [-0.4, -0.2) is 40.1 Å². The summed E-state index contributed by atoms with van der Waals surface area (Å²) in [5.41, 5.74) is 0.921. The van der Waals surface area contributed by atoms with Crippen molar-refractivity contribution in [2.45, 2.75) is 38.6 Å². The fraction of sp³-hybridized carbons (Fsp3) is 0.667. The Balaban J connectivity index is 1.91. The third-order valence-electron chi connectivity index (χ3n) is 4.86. The van der Waals surface area contributed by atoms with Crippen LogP contribution in [0.1, 0.15) is 43.0 Å². The summed E-state index contributed by atoms with van der Waals surface area (Å²) in [6, 6.07) is -0.0733. The van der Waals surface area contributed by atoms with Crippen LogP contribution >= 0.6 is 11.6 Å². The second-order valence-electron chi connectivity index (χ2n) is 6.23. The minimum atomic E-state index is -0.847. The molecule has 2 amide bonds. The molecule has 2 heterocycles. The highest BCUT2D eigenvalue weighted by Gasteiger charge is 2.59. The number of nitrogens with one attached hydrogen (secondary N) is 1. The highest BCUT2D eigenvalue weighted by Crippen LogP contribution is 2.50. The average molecular weight is 325 g/mol. The maximum absolute atomic E-state index is 12.9. The quantitative estimate of drug-likeness (QED) is 0.858. The molecule has 0 bridgehead atoms. The molecule has 2 aliphatic rings. The van der Waals surface area contributed by atoms with E-state index in [9.17, 15) is 9.59 Å². The molecule has 0 spiro atoms. The minimum Gasteiger partial charge on any atom is -0.358 e. The summed E-state index contributed by atoms with van der Waals surface area (Å²) >= 11 is 6.37. The maximum Gasteiger partial charge on any atom is 0.238 e. The smallest absolute Gasteiger partial charge is 0.238 e. The van der Waals surface area contributed by atoms with Gasteiger partial charge in [-0.1, -0.05) is 11.6 Å². The molecule has 1 atom stereocenters. The number of rotatable bonds is 3. The molecule has 1 saturated carbocycles. The summed E-state index contributed by atoms with van der Waals surface area (Å²) in [4.78, 5) is 26.8. The van der Waals surface area contributed by atoms with Crippen molar-refractivity contribution in [2.75, 3.05) is 13.6 Å². The molecule has 0 radical (unpaired) electrons. The molecular weight excluding hydrogens is 304 g/mol. The van der Waals surface area contributed by atoms with Crippen molar-refractivity contribution in [1.29, 1.82) is 0 Å². The van der Waals surface area contributed by atoms with Crippen LogP contribution in [-0.2, 0) is 16.6 Å². The lowest BCUT2D eigenvalue weighted by Crippen LogP contribution is -2.44. The van der Waals surface area contributed by atoms with Crippen LogP contribution < -0.4 is 5.32 Å². The first-order valence-corrected chi connectivity index (χ1v) is 8.02. The van der Waals surface area contributed by atoms with Crippen molar-refractivity contribution < 1.29 is 9.59 Å². The van der Waals surface area contributed by atoms with Gasteiger partial charge >= 0.3 is 0 Å². The second kappa shape index (κ2) is 5.26. The molecule has 2 fully saturated rings. The van der Waals surface area contributed by atoms with Crippen LogP contribution in [0.5, 0.6) is 0 Å². The first-order chi connectivity index (χ1) is 10.4. The molecular formula is C15H21ClN4O2. The number of amides is 2. The average Bonchev–Trinajstić information content (AvgIpc) is 3.11. The van der Waals surface area contributed by atoms with Gasteiger partial charge in [-0.3, -0.25) is 14.3 Å². The van der Waals surface area contributed by atoms with E-state index in [0.717, 1.165) is 24.1 Å². The van der Waals surface area contributed by atoms with Crippen LogP contribution in [0.3, 0.4) is 0 Å². The lowest BCUT2D eigenvalue weighted by Gasteiger charge is -2.28.